The monoisotopic (exact) mass is 310 g/mol. The number of carbonyl (C=O) groups is 1. The molecule has 0 spiro atoms. The van der Waals surface area contributed by atoms with Gasteiger partial charge in [-0.05, 0) is 31.9 Å². The van der Waals surface area contributed by atoms with Crippen molar-refractivity contribution in [3.8, 4) is 0 Å². The van der Waals surface area contributed by atoms with Crippen molar-refractivity contribution in [1.82, 2.24) is 15.3 Å². The zero-order valence-electron chi connectivity index (χ0n) is 13.4. The Balaban J connectivity index is 1.72. The number of carbonyl (C=O) groups excluding carboxylic acids is 1. The highest BCUT2D eigenvalue weighted by atomic mass is 16.1. The lowest BCUT2D eigenvalue weighted by Crippen LogP contribution is -2.36. The average Bonchev–Trinajstić information content (AvgIpc) is 2.56. The van der Waals surface area contributed by atoms with Gasteiger partial charge in [0.25, 0.3) is 5.91 Å². The van der Waals surface area contributed by atoms with Gasteiger partial charge < -0.3 is 10.6 Å². The summed E-state index contributed by atoms with van der Waals surface area (Å²) in [6.45, 7) is 1.80. The Bertz CT molecular complexity index is 666. The van der Waals surface area contributed by atoms with Crippen molar-refractivity contribution < 1.29 is 4.79 Å². The number of nitrogens with one attached hydrogen (secondary N) is 2. The van der Waals surface area contributed by atoms with Gasteiger partial charge in [-0.3, -0.25) is 4.79 Å². The Morgan fingerprint density at radius 1 is 1.09 bits per heavy atom. The quantitative estimate of drug-likeness (QED) is 0.905. The maximum Gasteiger partial charge on any atom is 0.270 e. The van der Waals surface area contributed by atoms with Crippen LogP contribution >= 0.6 is 0 Å². The number of benzene rings is 1. The molecule has 0 aliphatic heterocycles. The molecule has 2 aromatic rings. The van der Waals surface area contributed by atoms with Crippen LogP contribution in [-0.2, 0) is 0 Å². The molecule has 1 fully saturated rings. The summed E-state index contributed by atoms with van der Waals surface area (Å²) in [4.78, 5) is 21.1. The summed E-state index contributed by atoms with van der Waals surface area (Å²) < 4.78 is 0. The van der Waals surface area contributed by atoms with E-state index in [0.717, 1.165) is 18.5 Å². The van der Waals surface area contributed by atoms with Crippen molar-refractivity contribution in [2.45, 2.75) is 45.1 Å². The number of hydrogen-bond donors (Lipinski definition) is 2. The third-order valence-corrected chi connectivity index (χ3v) is 4.06. The Labute approximate surface area is 136 Å². The second-order valence-electron chi connectivity index (χ2n) is 5.99. The largest absolute Gasteiger partial charge is 0.348 e. The van der Waals surface area contributed by atoms with Crippen molar-refractivity contribution >= 4 is 17.4 Å². The molecular weight excluding hydrogens is 288 g/mol. The molecule has 1 aliphatic rings. The molecule has 5 nitrogen and oxygen atoms in total. The number of nitrogens with zero attached hydrogens (tertiary/aromatic N) is 2. The van der Waals surface area contributed by atoms with Gasteiger partial charge in [-0.25, -0.2) is 9.97 Å². The number of hydrogen-bond acceptors (Lipinski definition) is 4. The van der Waals surface area contributed by atoms with Crippen molar-refractivity contribution in [2.75, 3.05) is 5.32 Å². The van der Waals surface area contributed by atoms with Crippen LogP contribution in [0, 0.1) is 6.92 Å². The number of rotatable bonds is 4. The standard InChI is InChI=1S/C18H22N4O/c1-13-19-16(18(23)22-15-10-6-3-7-11-15)12-17(20-13)21-14-8-4-2-5-9-14/h2,4-5,8-9,12,15H,3,6-7,10-11H2,1H3,(H,22,23)(H,19,20,21). The van der Waals surface area contributed by atoms with E-state index < -0.39 is 0 Å². The normalized spacial score (nSPS) is 15.2. The van der Waals surface area contributed by atoms with Crippen LogP contribution in [-0.4, -0.2) is 21.9 Å². The van der Waals surface area contributed by atoms with Crippen LogP contribution in [0.3, 0.4) is 0 Å². The van der Waals surface area contributed by atoms with Gasteiger partial charge >= 0.3 is 0 Å². The number of anilines is 2. The second kappa shape index (κ2) is 7.22. The SMILES string of the molecule is Cc1nc(Nc2ccccc2)cc(C(=O)NC2CCCCC2)n1. The molecule has 5 heteroatoms. The molecule has 1 heterocycles. The van der Waals surface area contributed by atoms with Crippen LogP contribution < -0.4 is 10.6 Å². The molecule has 1 aromatic carbocycles. The maximum absolute atomic E-state index is 12.4. The molecule has 23 heavy (non-hydrogen) atoms. The van der Waals surface area contributed by atoms with E-state index in [9.17, 15) is 4.79 Å². The average molecular weight is 310 g/mol. The molecule has 0 radical (unpaired) electrons. The Kier molecular flexibility index (Phi) is 4.86. The van der Waals surface area contributed by atoms with Gasteiger partial charge in [0.1, 0.15) is 17.3 Å². The highest BCUT2D eigenvalue weighted by molar-refractivity contribution is 5.93. The highest BCUT2D eigenvalue weighted by Crippen LogP contribution is 2.19. The topological polar surface area (TPSA) is 66.9 Å². The molecule has 0 atom stereocenters. The van der Waals surface area contributed by atoms with Gasteiger partial charge in [-0.15, -0.1) is 0 Å². The third kappa shape index (κ3) is 4.28. The summed E-state index contributed by atoms with van der Waals surface area (Å²) in [5.74, 6) is 1.11. The van der Waals surface area contributed by atoms with Crippen molar-refractivity contribution in [2.24, 2.45) is 0 Å². The van der Waals surface area contributed by atoms with E-state index in [4.69, 9.17) is 0 Å². The van der Waals surface area contributed by atoms with Gasteiger partial charge in [-0.1, -0.05) is 37.5 Å². The predicted octanol–water partition coefficient (Wildman–Crippen LogP) is 3.59. The summed E-state index contributed by atoms with van der Waals surface area (Å²) in [6.07, 6.45) is 5.77. The molecule has 0 bridgehead atoms. The Hall–Kier alpha value is -2.43. The van der Waals surface area contributed by atoms with Gasteiger partial charge in [0.2, 0.25) is 0 Å². The van der Waals surface area contributed by atoms with Gasteiger partial charge in [-0.2, -0.15) is 0 Å². The fraction of sp³-hybridized carbons (Fsp3) is 0.389. The van der Waals surface area contributed by atoms with Crippen LogP contribution in [0.15, 0.2) is 36.4 Å². The lowest BCUT2D eigenvalue weighted by Gasteiger charge is -2.22. The zero-order valence-corrected chi connectivity index (χ0v) is 13.4. The Morgan fingerprint density at radius 3 is 2.57 bits per heavy atom. The van der Waals surface area contributed by atoms with Crippen LogP contribution in [0.2, 0.25) is 0 Å². The van der Waals surface area contributed by atoms with E-state index in [-0.39, 0.29) is 11.9 Å². The molecule has 0 unspecified atom stereocenters. The van der Waals surface area contributed by atoms with Gasteiger partial charge in [0.05, 0.1) is 0 Å². The summed E-state index contributed by atoms with van der Waals surface area (Å²) in [6, 6.07) is 11.8. The van der Waals surface area contributed by atoms with Crippen LogP contribution in [0.5, 0.6) is 0 Å². The molecule has 3 rings (SSSR count). The predicted molar refractivity (Wildman–Crippen MR) is 90.8 cm³/mol. The first-order valence-corrected chi connectivity index (χ1v) is 8.19. The number of aryl methyl sites for hydroxylation is 1. The fourth-order valence-corrected chi connectivity index (χ4v) is 2.92. The van der Waals surface area contributed by atoms with Crippen LogP contribution in [0.4, 0.5) is 11.5 Å². The van der Waals surface area contributed by atoms with E-state index >= 15 is 0 Å². The first kappa shape index (κ1) is 15.5. The smallest absolute Gasteiger partial charge is 0.270 e. The van der Waals surface area contributed by atoms with Crippen molar-refractivity contribution in [3.63, 3.8) is 0 Å². The lowest BCUT2D eigenvalue weighted by molar-refractivity contribution is 0.0922. The maximum atomic E-state index is 12.4. The number of aromatic nitrogens is 2. The molecule has 0 saturated heterocycles. The highest BCUT2D eigenvalue weighted by Gasteiger charge is 2.18. The molecular formula is C18H22N4O. The minimum atomic E-state index is -0.112. The molecule has 2 N–H and O–H groups in total. The van der Waals surface area contributed by atoms with Gasteiger partial charge in [0, 0.05) is 17.8 Å². The molecule has 120 valence electrons. The zero-order chi connectivity index (χ0) is 16.1. The first-order valence-electron chi connectivity index (χ1n) is 8.19. The number of para-hydroxylation sites is 1. The molecule has 1 aromatic heterocycles. The fourth-order valence-electron chi connectivity index (χ4n) is 2.92. The summed E-state index contributed by atoms with van der Waals surface area (Å²) in [5, 5.41) is 6.31. The third-order valence-electron chi connectivity index (χ3n) is 4.06. The van der Waals surface area contributed by atoms with Crippen LogP contribution in [0.1, 0.15) is 48.4 Å². The summed E-state index contributed by atoms with van der Waals surface area (Å²) in [5.41, 5.74) is 1.35. The summed E-state index contributed by atoms with van der Waals surface area (Å²) in [7, 11) is 0. The minimum Gasteiger partial charge on any atom is -0.348 e. The van der Waals surface area contributed by atoms with E-state index in [0.29, 0.717) is 17.3 Å². The Morgan fingerprint density at radius 2 is 1.83 bits per heavy atom. The first-order chi connectivity index (χ1) is 11.2. The van der Waals surface area contributed by atoms with E-state index in [2.05, 4.69) is 20.6 Å². The van der Waals surface area contributed by atoms with Crippen molar-refractivity contribution in [1.29, 1.82) is 0 Å². The lowest BCUT2D eigenvalue weighted by atomic mass is 9.95. The molecule has 1 amide bonds. The van der Waals surface area contributed by atoms with E-state index in [1.807, 2.05) is 30.3 Å². The van der Waals surface area contributed by atoms with Crippen molar-refractivity contribution in [3.05, 3.63) is 47.9 Å². The summed E-state index contributed by atoms with van der Waals surface area (Å²) >= 11 is 0. The molecule has 1 saturated carbocycles. The minimum absolute atomic E-state index is 0.112. The molecule has 1 aliphatic carbocycles. The van der Waals surface area contributed by atoms with E-state index in [1.54, 1.807) is 13.0 Å². The number of amides is 1. The van der Waals surface area contributed by atoms with Gasteiger partial charge in [0.15, 0.2) is 0 Å². The second-order valence-corrected chi connectivity index (χ2v) is 5.99. The van der Waals surface area contributed by atoms with E-state index in [1.165, 1.54) is 19.3 Å². The van der Waals surface area contributed by atoms with Crippen LogP contribution in [0.25, 0.3) is 0 Å².